The lowest BCUT2D eigenvalue weighted by atomic mass is 10.1. The molecule has 0 aliphatic heterocycles. The Morgan fingerprint density at radius 2 is 1.62 bits per heavy atom. The maximum absolute atomic E-state index is 12.8. The van der Waals surface area contributed by atoms with Crippen molar-refractivity contribution in [2.45, 2.75) is 6.18 Å². The van der Waals surface area contributed by atoms with E-state index >= 15 is 0 Å². The highest BCUT2D eigenvalue weighted by Crippen LogP contribution is 2.34. The van der Waals surface area contributed by atoms with Crippen molar-refractivity contribution in [1.82, 2.24) is 14.3 Å². The average Bonchev–Trinajstić information content (AvgIpc) is 2.97. The smallest absolute Gasteiger partial charge is 0.416 e. The standard InChI is InChI=1S/C18H12F3N3OS/c1-23-15-14(12-4-2-3-5-13(12)17(23)26)22-24(16(15)25)11-8-6-10(7-9-11)18(19,20)21/h2-9,25H,1H3. The molecule has 0 bridgehead atoms. The number of fused-ring (bicyclic) bond motifs is 3. The lowest BCUT2D eigenvalue weighted by Crippen LogP contribution is -2.05. The molecule has 26 heavy (non-hydrogen) atoms. The zero-order valence-corrected chi connectivity index (χ0v) is 14.3. The fraction of sp³-hybridized carbons (Fsp3) is 0.111. The van der Waals surface area contributed by atoms with Crippen LogP contribution in [-0.2, 0) is 13.2 Å². The number of alkyl halides is 3. The quantitative estimate of drug-likeness (QED) is 0.478. The van der Waals surface area contributed by atoms with Gasteiger partial charge in [-0.1, -0.05) is 36.5 Å². The van der Waals surface area contributed by atoms with Crippen molar-refractivity contribution in [2.75, 3.05) is 0 Å². The summed E-state index contributed by atoms with van der Waals surface area (Å²) >= 11 is 5.46. The van der Waals surface area contributed by atoms with Crippen molar-refractivity contribution < 1.29 is 18.3 Å². The highest BCUT2D eigenvalue weighted by molar-refractivity contribution is 7.71. The Labute approximate surface area is 150 Å². The summed E-state index contributed by atoms with van der Waals surface area (Å²) in [5.41, 5.74) is 0.505. The van der Waals surface area contributed by atoms with Crippen LogP contribution < -0.4 is 0 Å². The predicted octanol–water partition coefficient (Wildman–Crippen LogP) is 4.97. The second kappa shape index (κ2) is 5.57. The van der Waals surface area contributed by atoms with Crippen LogP contribution in [-0.4, -0.2) is 19.5 Å². The van der Waals surface area contributed by atoms with Crippen molar-refractivity contribution in [2.24, 2.45) is 7.05 Å². The summed E-state index contributed by atoms with van der Waals surface area (Å²) < 4.78 is 41.7. The van der Waals surface area contributed by atoms with Crippen LogP contribution in [0.4, 0.5) is 13.2 Å². The monoisotopic (exact) mass is 375 g/mol. The Bertz CT molecular complexity index is 1210. The van der Waals surface area contributed by atoms with Crippen LogP contribution in [0.1, 0.15) is 5.56 Å². The van der Waals surface area contributed by atoms with Gasteiger partial charge in [0.25, 0.3) is 0 Å². The van der Waals surface area contributed by atoms with E-state index in [4.69, 9.17) is 12.2 Å². The Hall–Kier alpha value is -2.87. The molecule has 4 aromatic rings. The Balaban J connectivity index is 2.01. The van der Waals surface area contributed by atoms with Gasteiger partial charge in [0.1, 0.15) is 15.7 Å². The predicted molar refractivity (Wildman–Crippen MR) is 95.0 cm³/mol. The van der Waals surface area contributed by atoms with E-state index in [0.717, 1.165) is 22.9 Å². The van der Waals surface area contributed by atoms with Crippen molar-refractivity contribution in [3.63, 3.8) is 0 Å². The minimum atomic E-state index is -4.42. The van der Waals surface area contributed by atoms with Gasteiger partial charge in [-0.3, -0.25) is 0 Å². The number of halogens is 3. The first kappa shape index (κ1) is 16.6. The van der Waals surface area contributed by atoms with E-state index in [9.17, 15) is 18.3 Å². The first-order valence-corrected chi connectivity index (χ1v) is 8.07. The zero-order chi connectivity index (χ0) is 18.6. The summed E-state index contributed by atoms with van der Waals surface area (Å²) in [5, 5.41) is 16.7. The van der Waals surface area contributed by atoms with Gasteiger partial charge in [0, 0.05) is 17.8 Å². The van der Waals surface area contributed by atoms with Crippen LogP contribution in [0, 0.1) is 4.64 Å². The summed E-state index contributed by atoms with van der Waals surface area (Å²) in [7, 11) is 1.72. The van der Waals surface area contributed by atoms with Crippen molar-refractivity contribution in [3.05, 3.63) is 58.7 Å². The second-order valence-electron chi connectivity index (χ2n) is 5.89. The normalized spacial score (nSPS) is 12.2. The molecule has 0 radical (unpaired) electrons. The number of aromatic hydroxyl groups is 1. The number of aromatic nitrogens is 3. The van der Waals surface area contributed by atoms with Crippen LogP contribution in [0.15, 0.2) is 48.5 Å². The first-order chi connectivity index (χ1) is 12.3. The highest BCUT2D eigenvalue weighted by atomic mass is 32.1. The average molecular weight is 375 g/mol. The molecule has 2 aromatic carbocycles. The molecule has 0 aliphatic carbocycles. The van der Waals surface area contributed by atoms with E-state index < -0.39 is 11.7 Å². The van der Waals surface area contributed by atoms with Gasteiger partial charge in [-0.2, -0.15) is 23.0 Å². The molecular formula is C18H12F3N3OS. The third-order valence-electron chi connectivity index (χ3n) is 4.33. The molecule has 0 unspecified atom stereocenters. The molecule has 1 N–H and O–H groups in total. The number of aryl methyl sites for hydroxylation is 1. The van der Waals surface area contributed by atoms with Gasteiger partial charge in [0.2, 0.25) is 5.88 Å². The molecule has 0 spiro atoms. The summed E-state index contributed by atoms with van der Waals surface area (Å²) in [6, 6.07) is 11.9. The minimum Gasteiger partial charge on any atom is -0.492 e. The topological polar surface area (TPSA) is 43.0 Å². The molecule has 4 rings (SSSR count). The number of pyridine rings is 1. The first-order valence-electron chi connectivity index (χ1n) is 7.66. The van der Waals surface area contributed by atoms with E-state index in [2.05, 4.69) is 5.10 Å². The van der Waals surface area contributed by atoms with Gasteiger partial charge >= 0.3 is 6.18 Å². The summed E-state index contributed by atoms with van der Waals surface area (Å²) in [6.07, 6.45) is -4.42. The van der Waals surface area contributed by atoms with Gasteiger partial charge < -0.3 is 9.67 Å². The highest BCUT2D eigenvalue weighted by Gasteiger charge is 2.30. The maximum atomic E-state index is 12.8. The van der Waals surface area contributed by atoms with Gasteiger partial charge in [-0.05, 0) is 24.3 Å². The van der Waals surface area contributed by atoms with Crippen molar-refractivity contribution in [1.29, 1.82) is 0 Å². The van der Waals surface area contributed by atoms with Crippen molar-refractivity contribution in [3.8, 4) is 11.6 Å². The number of nitrogens with zero attached hydrogens (tertiary/aromatic N) is 3. The Morgan fingerprint density at radius 1 is 1.00 bits per heavy atom. The largest absolute Gasteiger partial charge is 0.492 e. The van der Waals surface area contributed by atoms with E-state index in [-0.39, 0.29) is 5.88 Å². The van der Waals surface area contributed by atoms with Crippen LogP contribution in [0.3, 0.4) is 0 Å². The molecule has 0 saturated heterocycles. The zero-order valence-electron chi connectivity index (χ0n) is 13.4. The molecule has 0 saturated carbocycles. The Morgan fingerprint density at radius 3 is 2.23 bits per heavy atom. The summed E-state index contributed by atoms with van der Waals surface area (Å²) in [6.45, 7) is 0. The third-order valence-corrected chi connectivity index (χ3v) is 4.82. The van der Waals surface area contributed by atoms with Gasteiger partial charge in [-0.25, -0.2) is 0 Å². The van der Waals surface area contributed by atoms with Crippen LogP contribution in [0.25, 0.3) is 27.5 Å². The van der Waals surface area contributed by atoms with Gasteiger partial charge in [0.05, 0.1) is 11.3 Å². The number of benzene rings is 2. The van der Waals surface area contributed by atoms with Gasteiger partial charge in [0.15, 0.2) is 0 Å². The van der Waals surface area contributed by atoms with E-state index in [1.807, 2.05) is 24.3 Å². The summed E-state index contributed by atoms with van der Waals surface area (Å²) in [5.74, 6) is -0.181. The molecule has 0 atom stereocenters. The lowest BCUT2D eigenvalue weighted by molar-refractivity contribution is -0.137. The van der Waals surface area contributed by atoms with E-state index in [0.29, 0.717) is 21.4 Å². The molecule has 0 aliphatic rings. The number of hydrogen-bond donors (Lipinski definition) is 1. The molecule has 2 aromatic heterocycles. The third kappa shape index (κ3) is 2.37. The van der Waals surface area contributed by atoms with E-state index in [1.165, 1.54) is 16.8 Å². The van der Waals surface area contributed by atoms with E-state index in [1.54, 1.807) is 11.6 Å². The fourth-order valence-electron chi connectivity index (χ4n) is 3.02. The molecule has 0 amide bonds. The SMILES string of the molecule is Cn1c(=S)c2ccccc2c2nn(-c3ccc(C(F)(F)F)cc3)c(O)c21. The van der Waals surface area contributed by atoms with Gasteiger partial charge in [-0.15, -0.1) is 0 Å². The maximum Gasteiger partial charge on any atom is 0.416 e. The molecule has 0 fully saturated rings. The fourth-order valence-corrected chi connectivity index (χ4v) is 3.29. The Kier molecular flexibility index (Phi) is 3.55. The molecule has 8 heteroatoms. The number of hydrogen-bond acceptors (Lipinski definition) is 3. The van der Waals surface area contributed by atoms with Crippen molar-refractivity contribution >= 4 is 34.0 Å². The second-order valence-corrected chi connectivity index (χ2v) is 6.27. The van der Waals surface area contributed by atoms with Crippen LogP contribution >= 0.6 is 12.2 Å². The molecule has 132 valence electrons. The molecule has 2 heterocycles. The van der Waals surface area contributed by atoms with Crippen LogP contribution in [0.2, 0.25) is 0 Å². The summed E-state index contributed by atoms with van der Waals surface area (Å²) in [4.78, 5) is 0. The number of rotatable bonds is 1. The van der Waals surface area contributed by atoms with Crippen LogP contribution in [0.5, 0.6) is 5.88 Å². The minimum absolute atomic E-state index is 0.181. The molecular weight excluding hydrogens is 363 g/mol. The lowest BCUT2D eigenvalue weighted by Gasteiger charge is -2.08. The molecule has 4 nitrogen and oxygen atoms in total.